The second-order valence-corrected chi connectivity index (χ2v) is 7.95. The van der Waals surface area contributed by atoms with Crippen molar-refractivity contribution < 1.29 is 28.5 Å². The second kappa shape index (κ2) is 9.96. The highest BCUT2D eigenvalue weighted by atomic mass is 16.7. The molecule has 31 heavy (non-hydrogen) atoms. The molecular weight excluding hydrogens is 396 g/mol. The molecule has 5 atom stereocenters. The van der Waals surface area contributed by atoms with E-state index in [9.17, 15) is 9.59 Å². The van der Waals surface area contributed by atoms with Gasteiger partial charge in [-0.15, -0.1) is 0 Å². The van der Waals surface area contributed by atoms with Gasteiger partial charge in [-0.1, -0.05) is 45.0 Å². The number of carbonyl (C=O) groups excluding carboxylic acids is 2. The van der Waals surface area contributed by atoms with Crippen molar-refractivity contribution in [2.45, 2.75) is 52.6 Å². The number of hydrogen-bond donors (Lipinski definition) is 0. The van der Waals surface area contributed by atoms with E-state index >= 15 is 0 Å². The summed E-state index contributed by atoms with van der Waals surface area (Å²) in [5.74, 6) is 0.291. The molecule has 0 radical (unpaired) electrons. The Morgan fingerprint density at radius 3 is 2.03 bits per heavy atom. The predicted octanol–water partition coefficient (Wildman–Crippen LogP) is 4.86. The Hall–Kier alpha value is -2.86. The summed E-state index contributed by atoms with van der Waals surface area (Å²) in [6.45, 7) is 7.67. The minimum absolute atomic E-state index is 0.0411. The van der Waals surface area contributed by atoms with Gasteiger partial charge in [-0.25, -0.2) is 4.79 Å². The lowest BCUT2D eigenvalue weighted by Gasteiger charge is -2.43. The van der Waals surface area contributed by atoms with Crippen molar-refractivity contribution in [3.63, 3.8) is 0 Å². The number of ether oxygens (including phenoxy) is 4. The van der Waals surface area contributed by atoms with E-state index in [0.717, 1.165) is 17.5 Å². The van der Waals surface area contributed by atoms with E-state index in [-0.39, 0.29) is 29.9 Å². The van der Waals surface area contributed by atoms with E-state index in [1.807, 2.05) is 36.4 Å². The topological polar surface area (TPSA) is 71.1 Å². The molecule has 0 aromatic heterocycles. The molecule has 2 unspecified atom stereocenters. The van der Waals surface area contributed by atoms with Crippen molar-refractivity contribution in [2.75, 3.05) is 7.11 Å². The summed E-state index contributed by atoms with van der Waals surface area (Å²) < 4.78 is 22.6. The molecule has 2 aromatic rings. The summed E-state index contributed by atoms with van der Waals surface area (Å²) in [5.41, 5.74) is 2.46. The smallest absolute Gasteiger partial charge is 0.337 e. The zero-order chi connectivity index (χ0) is 22.5. The maximum atomic E-state index is 11.6. The van der Waals surface area contributed by atoms with Gasteiger partial charge >= 0.3 is 11.9 Å². The molecule has 0 N–H and O–H groups in total. The lowest BCUT2D eigenvalue weighted by atomic mass is 9.82. The van der Waals surface area contributed by atoms with Crippen LogP contribution >= 0.6 is 0 Å². The molecule has 0 spiro atoms. The van der Waals surface area contributed by atoms with Crippen molar-refractivity contribution in [1.82, 2.24) is 0 Å². The highest BCUT2D eigenvalue weighted by Crippen LogP contribution is 2.35. The van der Waals surface area contributed by atoms with Crippen molar-refractivity contribution in [3.05, 3.63) is 54.1 Å². The molecule has 2 aromatic carbocycles. The van der Waals surface area contributed by atoms with Crippen molar-refractivity contribution in [2.24, 2.45) is 11.8 Å². The molecule has 0 amide bonds. The minimum Gasteiger partial charge on any atom is -0.465 e. The zero-order valence-electron chi connectivity index (χ0n) is 18.7. The molecule has 166 valence electrons. The van der Waals surface area contributed by atoms with Crippen LogP contribution in [0.4, 0.5) is 0 Å². The Labute approximate surface area is 183 Å². The van der Waals surface area contributed by atoms with Crippen molar-refractivity contribution >= 4 is 11.9 Å². The maximum absolute atomic E-state index is 11.6. The van der Waals surface area contributed by atoms with E-state index in [1.54, 1.807) is 12.1 Å². The van der Waals surface area contributed by atoms with Gasteiger partial charge < -0.3 is 18.9 Å². The average Bonchev–Trinajstić information content (AvgIpc) is 2.78. The van der Waals surface area contributed by atoms with Crippen LogP contribution in [0.25, 0.3) is 11.1 Å². The predicted molar refractivity (Wildman–Crippen MR) is 117 cm³/mol. The van der Waals surface area contributed by atoms with E-state index in [1.165, 1.54) is 14.0 Å². The van der Waals surface area contributed by atoms with E-state index in [4.69, 9.17) is 18.9 Å². The molecular formula is C25H30O6. The van der Waals surface area contributed by atoms with Gasteiger partial charge in [0.1, 0.15) is 5.75 Å². The fourth-order valence-corrected chi connectivity index (χ4v) is 3.95. The van der Waals surface area contributed by atoms with Gasteiger partial charge in [0.25, 0.3) is 0 Å². The molecule has 1 fully saturated rings. The third-order valence-electron chi connectivity index (χ3n) is 5.96. The largest absolute Gasteiger partial charge is 0.465 e. The van der Waals surface area contributed by atoms with E-state index < -0.39 is 12.4 Å². The maximum Gasteiger partial charge on any atom is 0.337 e. The molecule has 1 heterocycles. The fourth-order valence-electron chi connectivity index (χ4n) is 3.95. The molecule has 6 nitrogen and oxygen atoms in total. The summed E-state index contributed by atoms with van der Waals surface area (Å²) in [5, 5.41) is 0. The lowest BCUT2D eigenvalue weighted by molar-refractivity contribution is -0.246. The highest BCUT2D eigenvalue weighted by molar-refractivity contribution is 5.89. The number of carbonyl (C=O) groups is 2. The van der Waals surface area contributed by atoms with Gasteiger partial charge in [0, 0.05) is 12.8 Å². The zero-order valence-corrected chi connectivity index (χ0v) is 18.7. The molecule has 1 saturated heterocycles. The highest BCUT2D eigenvalue weighted by Gasteiger charge is 2.44. The van der Waals surface area contributed by atoms with E-state index in [0.29, 0.717) is 11.3 Å². The minimum atomic E-state index is -0.662. The first-order chi connectivity index (χ1) is 14.8. The van der Waals surface area contributed by atoms with Gasteiger partial charge in [-0.2, -0.15) is 0 Å². The summed E-state index contributed by atoms with van der Waals surface area (Å²) in [4.78, 5) is 23.2. The van der Waals surface area contributed by atoms with Gasteiger partial charge in [0.2, 0.25) is 6.29 Å². The average molecular weight is 427 g/mol. The Morgan fingerprint density at radius 2 is 1.52 bits per heavy atom. The summed E-state index contributed by atoms with van der Waals surface area (Å²) >= 11 is 0. The Balaban J connectivity index is 1.75. The van der Waals surface area contributed by atoms with Crippen LogP contribution < -0.4 is 4.74 Å². The van der Waals surface area contributed by atoms with Crippen LogP contribution in [-0.4, -0.2) is 37.5 Å². The molecule has 0 aliphatic carbocycles. The first kappa shape index (κ1) is 22.8. The van der Waals surface area contributed by atoms with Crippen LogP contribution in [0.2, 0.25) is 0 Å². The molecule has 0 saturated carbocycles. The first-order valence-corrected chi connectivity index (χ1v) is 10.6. The van der Waals surface area contributed by atoms with Gasteiger partial charge in [0.05, 0.1) is 18.8 Å². The Kier molecular flexibility index (Phi) is 7.33. The number of esters is 2. The third-order valence-corrected chi connectivity index (χ3v) is 5.96. The summed E-state index contributed by atoms with van der Waals surface area (Å²) in [6.07, 6.45) is -0.232. The van der Waals surface area contributed by atoms with Crippen molar-refractivity contribution in [3.8, 4) is 16.9 Å². The lowest BCUT2D eigenvalue weighted by Crippen LogP contribution is -2.53. The van der Waals surface area contributed by atoms with Crippen LogP contribution in [0, 0.1) is 11.8 Å². The Morgan fingerprint density at radius 1 is 0.935 bits per heavy atom. The Bertz CT molecular complexity index is 889. The normalized spacial score (nSPS) is 25.5. The molecule has 1 aliphatic rings. The number of methoxy groups -OCH3 is 1. The van der Waals surface area contributed by atoms with Crippen LogP contribution in [-0.2, 0) is 19.0 Å². The fraction of sp³-hybridized carbons (Fsp3) is 0.440. The SMILES string of the molecule is CCC1O[C@H](Oc2ccc(-c3ccc(C(=O)OC)cc3)cc2)C(OC(C)=O)[C@@H](C)[C@@H]1C. The van der Waals surface area contributed by atoms with Gasteiger partial charge in [0.15, 0.2) is 6.10 Å². The summed E-state index contributed by atoms with van der Waals surface area (Å²) in [6, 6.07) is 14.8. The molecule has 3 rings (SSSR count). The molecule has 1 aliphatic heterocycles. The third kappa shape index (κ3) is 5.25. The first-order valence-electron chi connectivity index (χ1n) is 10.6. The van der Waals surface area contributed by atoms with Crippen LogP contribution in [0.5, 0.6) is 5.75 Å². The number of benzene rings is 2. The summed E-state index contributed by atoms with van der Waals surface area (Å²) in [7, 11) is 1.36. The second-order valence-electron chi connectivity index (χ2n) is 7.95. The van der Waals surface area contributed by atoms with Gasteiger partial charge in [-0.3, -0.25) is 4.79 Å². The van der Waals surface area contributed by atoms with Crippen LogP contribution in [0.15, 0.2) is 48.5 Å². The standard InChI is InChI=1S/C25H30O6/c1-6-22-15(2)16(3)23(29-17(4)26)25(31-22)30-21-13-11-19(12-14-21)18-7-9-20(10-8-18)24(27)28-5/h7-16,22-23,25H,6H2,1-5H3/t15-,16-,22?,23?,25-/m0/s1. The van der Waals surface area contributed by atoms with Crippen molar-refractivity contribution in [1.29, 1.82) is 0 Å². The van der Waals surface area contributed by atoms with Crippen LogP contribution in [0.1, 0.15) is 44.5 Å². The quantitative estimate of drug-likeness (QED) is 0.615. The molecule has 6 heteroatoms. The number of hydrogen-bond acceptors (Lipinski definition) is 6. The molecule has 0 bridgehead atoms. The van der Waals surface area contributed by atoms with E-state index in [2.05, 4.69) is 20.8 Å². The van der Waals surface area contributed by atoms with Gasteiger partial charge in [-0.05, 0) is 47.7 Å². The number of rotatable bonds is 6. The van der Waals surface area contributed by atoms with Crippen LogP contribution in [0.3, 0.4) is 0 Å². The monoisotopic (exact) mass is 426 g/mol.